The lowest BCUT2D eigenvalue weighted by Crippen LogP contribution is -2.46. The molecule has 2 heterocycles. The van der Waals surface area contributed by atoms with E-state index in [2.05, 4.69) is 44.2 Å². The number of tetrazole rings is 1. The first kappa shape index (κ1) is 31.1. The van der Waals surface area contributed by atoms with Crippen LogP contribution in [0, 0.1) is 17.2 Å². The van der Waals surface area contributed by atoms with Gasteiger partial charge in [-0.25, -0.2) is 5.10 Å². The Balaban J connectivity index is 1.57. The van der Waals surface area contributed by atoms with Gasteiger partial charge in [-0.2, -0.15) is 5.26 Å². The summed E-state index contributed by atoms with van der Waals surface area (Å²) in [4.78, 5) is 44.0. The van der Waals surface area contributed by atoms with Gasteiger partial charge in [-0.1, -0.05) is 18.2 Å². The van der Waals surface area contributed by atoms with Crippen LogP contribution in [-0.4, -0.2) is 106 Å². The van der Waals surface area contributed by atoms with Crippen molar-refractivity contribution in [3.05, 3.63) is 64.0 Å². The Bertz CT molecular complexity index is 1520. The van der Waals surface area contributed by atoms with Gasteiger partial charge < -0.3 is 20.0 Å². The second-order valence-corrected chi connectivity index (χ2v) is 12.5. The number of carbonyl (C=O) groups is 3. The Labute approximate surface area is 258 Å². The van der Waals surface area contributed by atoms with E-state index in [9.17, 15) is 19.6 Å². The molecule has 5 rings (SSSR count). The van der Waals surface area contributed by atoms with Crippen molar-refractivity contribution in [1.29, 1.82) is 5.26 Å². The molecule has 12 heteroatoms. The van der Waals surface area contributed by atoms with Gasteiger partial charge in [0, 0.05) is 46.3 Å². The molecule has 1 saturated heterocycles. The largest absolute Gasteiger partial charge is 0.348 e. The molecule has 4 atom stereocenters. The topological polar surface area (TPSA) is 151 Å². The predicted molar refractivity (Wildman–Crippen MR) is 163 cm³/mol. The summed E-state index contributed by atoms with van der Waals surface area (Å²) < 4.78 is 0. The number of aromatic nitrogens is 4. The first-order valence-electron chi connectivity index (χ1n) is 15.2. The highest BCUT2D eigenvalue weighted by atomic mass is 16.2. The Morgan fingerprint density at radius 2 is 2.00 bits per heavy atom. The number of H-pyrrole nitrogens is 1. The van der Waals surface area contributed by atoms with Crippen LogP contribution in [0.15, 0.2) is 41.5 Å². The summed E-state index contributed by atoms with van der Waals surface area (Å²) in [7, 11) is 7.01. The minimum atomic E-state index is -0.842. The van der Waals surface area contributed by atoms with Gasteiger partial charge in [-0.15, -0.1) is 5.10 Å². The summed E-state index contributed by atoms with van der Waals surface area (Å²) >= 11 is 0. The SMILES string of the molecule is C[C@@H](CC1(c2nnn[nH]2)C2=CCC(C(=O)N(C)C)C=C2CCc2cc(C(=O)N(C)C)ccc21)NCC(=O)N1CCC[C@H]1C#N. The lowest BCUT2D eigenvalue weighted by molar-refractivity contribution is -0.131. The molecule has 0 radical (unpaired) electrons. The van der Waals surface area contributed by atoms with Crippen molar-refractivity contribution < 1.29 is 14.4 Å². The zero-order valence-electron chi connectivity index (χ0n) is 26.1. The van der Waals surface area contributed by atoms with Crippen LogP contribution in [0.4, 0.5) is 0 Å². The van der Waals surface area contributed by atoms with Crippen LogP contribution in [0.1, 0.15) is 66.3 Å². The molecule has 2 aliphatic carbocycles. The lowest BCUT2D eigenvalue weighted by atomic mass is 9.65. The zero-order chi connectivity index (χ0) is 31.6. The fourth-order valence-electron chi connectivity index (χ4n) is 6.97. The standard InChI is InChI=1S/C32H41N9O3/c1-20(34-19-28(42)41-14-6-7-25(41)18-33)17-32(31-35-37-38-36-31)26-12-10-23(29(43)39(2)3)15-21(26)8-9-22-16-24(11-13-27(22)32)30(44)40(4)5/h10,12-13,15-16,20,24-25,34H,6-9,11,14,17,19H2,1-5H3,(H,35,36,37,38)/t20-,24?,25-,32?/m0/s1. The van der Waals surface area contributed by atoms with Crippen LogP contribution in [0.5, 0.6) is 0 Å². The Kier molecular flexibility index (Phi) is 8.97. The number of aryl methyl sites for hydroxylation is 1. The summed E-state index contributed by atoms with van der Waals surface area (Å²) in [6, 6.07) is 7.52. The van der Waals surface area contributed by atoms with E-state index in [1.54, 1.807) is 42.9 Å². The molecule has 2 unspecified atom stereocenters. The molecule has 0 bridgehead atoms. The maximum atomic E-state index is 13.1. The number of allylic oxidation sites excluding steroid dienone is 3. The second kappa shape index (κ2) is 12.7. The molecule has 232 valence electrons. The molecule has 1 aromatic carbocycles. The molecule has 1 aliphatic heterocycles. The summed E-state index contributed by atoms with van der Waals surface area (Å²) in [6.45, 7) is 2.73. The van der Waals surface area contributed by atoms with Gasteiger partial charge in [0.15, 0.2) is 5.82 Å². The number of likely N-dealkylation sites (tertiary alicyclic amines) is 1. The van der Waals surface area contributed by atoms with Gasteiger partial charge in [0.25, 0.3) is 5.91 Å². The van der Waals surface area contributed by atoms with Gasteiger partial charge in [-0.3, -0.25) is 14.4 Å². The average Bonchev–Trinajstić information content (AvgIpc) is 3.71. The molecule has 44 heavy (non-hydrogen) atoms. The lowest BCUT2D eigenvalue weighted by Gasteiger charge is -2.39. The van der Waals surface area contributed by atoms with E-state index in [1.165, 1.54) is 0 Å². The third kappa shape index (κ3) is 5.76. The Morgan fingerprint density at radius 1 is 1.20 bits per heavy atom. The molecular weight excluding hydrogens is 558 g/mol. The van der Waals surface area contributed by atoms with Gasteiger partial charge in [0.05, 0.1) is 23.9 Å². The highest BCUT2D eigenvalue weighted by molar-refractivity contribution is 5.94. The number of rotatable bonds is 8. The van der Waals surface area contributed by atoms with E-state index < -0.39 is 5.41 Å². The number of nitriles is 1. The molecule has 0 spiro atoms. The van der Waals surface area contributed by atoms with E-state index in [-0.39, 0.29) is 42.3 Å². The number of benzene rings is 1. The van der Waals surface area contributed by atoms with Crippen molar-refractivity contribution in [2.75, 3.05) is 41.3 Å². The number of nitrogens with zero attached hydrogens (tertiary/aromatic N) is 7. The molecule has 1 aromatic heterocycles. The van der Waals surface area contributed by atoms with Crippen molar-refractivity contribution >= 4 is 17.7 Å². The maximum absolute atomic E-state index is 13.1. The molecule has 2 aromatic rings. The van der Waals surface area contributed by atoms with E-state index in [4.69, 9.17) is 0 Å². The highest BCUT2D eigenvalue weighted by Gasteiger charge is 2.47. The first-order chi connectivity index (χ1) is 21.1. The summed E-state index contributed by atoms with van der Waals surface area (Å²) in [5.74, 6) is 0.162. The summed E-state index contributed by atoms with van der Waals surface area (Å²) in [5, 5.41) is 28.4. The van der Waals surface area contributed by atoms with Crippen LogP contribution in [0.25, 0.3) is 0 Å². The van der Waals surface area contributed by atoms with Gasteiger partial charge >= 0.3 is 0 Å². The van der Waals surface area contributed by atoms with E-state index in [1.807, 2.05) is 25.1 Å². The number of nitrogens with one attached hydrogen (secondary N) is 2. The monoisotopic (exact) mass is 599 g/mol. The van der Waals surface area contributed by atoms with E-state index in [0.29, 0.717) is 50.0 Å². The minimum absolute atomic E-state index is 0.0477. The number of hydrogen-bond acceptors (Lipinski definition) is 8. The molecule has 0 saturated carbocycles. The Hall–Kier alpha value is -4.37. The quantitative estimate of drug-likeness (QED) is 0.468. The van der Waals surface area contributed by atoms with Crippen LogP contribution in [0.3, 0.4) is 0 Å². The Morgan fingerprint density at radius 3 is 2.68 bits per heavy atom. The van der Waals surface area contributed by atoms with Crippen molar-refractivity contribution in [2.45, 2.75) is 62.9 Å². The van der Waals surface area contributed by atoms with Crippen molar-refractivity contribution in [1.82, 2.24) is 40.6 Å². The third-order valence-corrected chi connectivity index (χ3v) is 9.11. The minimum Gasteiger partial charge on any atom is -0.348 e. The van der Waals surface area contributed by atoms with Gasteiger partial charge in [-0.05, 0) is 90.3 Å². The molecule has 2 N–H and O–H groups in total. The molecular formula is C32H41N9O3. The normalized spacial score (nSPS) is 23.3. The molecule has 3 amide bonds. The molecule has 1 fully saturated rings. The maximum Gasteiger partial charge on any atom is 0.253 e. The predicted octanol–water partition coefficient (Wildman–Crippen LogP) is 1.98. The van der Waals surface area contributed by atoms with Crippen molar-refractivity contribution in [3.8, 4) is 6.07 Å². The molecule has 12 nitrogen and oxygen atoms in total. The summed E-state index contributed by atoms with van der Waals surface area (Å²) in [5.41, 5.74) is 3.85. The van der Waals surface area contributed by atoms with Crippen molar-refractivity contribution in [3.63, 3.8) is 0 Å². The number of carbonyl (C=O) groups excluding carboxylic acids is 3. The average molecular weight is 600 g/mol. The van der Waals surface area contributed by atoms with Crippen LogP contribution >= 0.6 is 0 Å². The van der Waals surface area contributed by atoms with Crippen LogP contribution in [-0.2, 0) is 21.4 Å². The van der Waals surface area contributed by atoms with Crippen molar-refractivity contribution in [2.24, 2.45) is 5.92 Å². The van der Waals surface area contributed by atoms with Gasteiger partial charge in [0.1, 0.15) is 6.04 Å². The second-order valence-electron chi connectivity index (χ2n) is 12.5. The van der Waals surface area contributed by atoms with Crippen LogP contribution < -0.4 is 5.32 Å². The van der Waals surface area contributed by atoms with Crippen LogP contribution in [0.2, 0.25) is 0 Å². The number of hydrogen-bond donors (Lipinski definition) is 2. The number of aromatic amines is 1. The first-order valence-corrected chi connectivity index (χ1v) is 15.2. The number of amides is 3. The zero-order valence-corrected chi connectivity index (χ0v) is 26.1. The number of fused-ring (bicyclic) bond motifs is 2. The summed E-state index contributed by atoms with van der Waals surface area (Å²) in [6.07, 6.45) is 8.17. The fourth-order valence-corrected chi connectivity index (χ4v) is 6.97. The van der Waals surface area contributed by atoms with E-state index >= 15 is 0 Å². The smallest absolute Gasteiger partial charge is 0.253 e. The van der Waals surface area contributed by atoms with Gasteiger partial charge in [0.2, 0.25) is 11.8 Å². The highest BCUT2D eigenvalue weighted by Crippen LogP contribution is 2.51. The van der Waals surface area contributed by atoms with E-state index in [0.717, 1.165) is 28.7 Å². The third-order valence-electron chi connectivity index (χ3n) is 9.11. The fraction of sp³-hybridized carbons (Fsp3) is 0.531. The molecule has 3 aliphatic rings.